The average molecular weight is 475 g/mol. The Bertz CT molecular complexity index is 951. The molecule has 180 valence electrons. The molecule has 2 fully saturated rings. The van der Waals surface area contributed by atoms with Crippen molar-refractivity contribution < 1.29 is 19.0 Å². The number of aromatic nitrogens is 1. The highest BCUT2D eigenvalue weighted by Gasteiger charge is 2.34. The van der Waals surface area contributed by atoms with Crippen molar-refractivity contribution in [3.05, 3.63) is 35.8 Å². The van der Waals surface area contributed by atoms with Crippen molar-refractivity contribution >= 4 is 28.6 Å². The van der Waals surface area contributed by atoms with E-state index in [9.17, 15) is 14.3 Å². The maximum absolute atomic E-state index is 14.6. The van der Waals surface area contributed by atoms with Crippen LogP contribution >= 0.6 is 11.8 Å². The molecule has 0 unspecified atom stereocenters. The van der Waals surface area contributed by atoms with Gasteiger partial charge in [0.2, 0.25) is 0 Å². The van der Waals surface area contributed by atoms with Gasteiger partial charge in [0.25, 0.3) is 0 Å². The third kappa shape index (κ3) is 6.18. The van der Waals surface area contributed by atoms with E-state index < -0.39 is 5.97 Å². The molecule has 1 aromatic heterocycles. The first-order chi connectivity index (χ1) is 16.0. The molecule has 5 nitrogen and oxygen atoms in total. The zero-order valence-corrected chi connectivity index (χ0v) is 20.3. The standard InChI is InChI=1S/C26H35FN2O3S/c1-32-19-9-10-25-22(15-19)21(24(27)16-28-25)8-4-5-18-11-12-29(17-23(18)26(30)31)13-14-33-20-6-2-3-7-20/h9-10,15-16,18,20,23H,2-8,11-14,17H2,1H3,(H,30,31)/t18-,23+/m0/s1. The number of aliphatic carboxylic acids is 1. The Hall–Kier alpha value is -1.86. The van der Waals surface area contributed by atoms with Crippen molar-refractivity contribution in [2.75, 3.05) is 32.5 Å². The minimum Gasteiger partial charge on any atom is -0.497 e. The van der Waals surface area contributed by atoms with Crippen LogP contribution in [-0.2, 0) is 11.2 Å². The number of aryl methyl sites for hydroxylation is 1. The van der Waals surface area contributed by atoms with E-state index in [1.165, 1.54) is 31.9 Å². The number of ether oxygens (including phenoxy) is 1. The van der Waals surface area contributed by atoms with Crippen LogP contribution in [-0.4, -0.2) is 58.7 Å². The van der Waals surface area contributed by atoms with E-state index in [1.54, 1.807) is 7.11 Å². The summed E-state index contributed by atoms with van der Waals surface area (Å²) in [5.74, 6) is 0.583. The summed E-state index contributed by atoms with van der Waals surface area (Å²) in [7, 11) is 1.60. The number of likely N-dealkylation sites (tertiary alicyclic amines) is 1. The molecule has 1 saturated carbocycles. The van der Waals surface area contributed by atoms with Crippen LogP contribution in [0.1, 0.15) is 50.5 Å². The highest BCUT2D eigenvalue weighted by Crippen LogP contribution is 2.32. The number of carbonyl (C=O) groups is 1. The van der Waals surface area contributed by atoms with Gasteiger partial charge in [-0.3, -0.25) is 9.78 Å². The van der Waals surface area contributed by atoms with Gasteiger partial charge in [-0.2, -0.15) is 11.8 Å². The van der Waals surface area contributed by atoms with Gasteiger partial charge in [-0.1, -0.05) is 12.8 Å². The number of hydrogen-bond donors (Lipinski definition) is 1. The number of halogens is 1. The van der Waals surface area contributed by atoms with E-state index in [1.807, 2.05) is 18.2 Å². The Kier molecular flexibility index (Phi) is 8.47. The van der Waals surface area contributed by atoms with Gasteiger partial charge in [0.05, 0.1) is 24.7 Å². The molecule has 4 rings (SSSR count). The van der Waals surface area contributed by atoms with E-state index in [2.05, 4.69) is 21.6 Å². The van der Waals surface area contributed by atoms with Gasteiger partial charge in [0.1, 0.15) is 11.6 Å². The normalized spacial score (nSPS) is 22.1. The van der Waals surface area contributed by atoms with Crippen molar-refractivity contribution in [3.63, 3.8) is 0 Å². The fourth-order valence-corrected chi connectivity index (χ4v) is 6.79. The van der Waals surface area contributed by atoms with Crippen molar-refractivity contribution in [2.45, 2.75) is 56.6 Å². The number of hydrogen-bond acceptors (Lipinski definition) is 5. The fourth-order valence-electron chi connectivity index (χ4n) is 5.42. The number of carboxylic acid groups (broad SMARTS) is 1. The zero-order valence-electron chi connectivity index (χ0n) is 19.5. The summed E-state index contributed by atoms with van der Waals surface area (Å²) in [5, 5.41) is 11.5. The highest BCUT2D eigenvalue weighted by atomic mass is 32.2. The minimum absolute atomic E-state index is 0.145. The molecule has 2 heterocycles. The quantitative estimate of drug-likeness (QED) is 0.497. The van der Waals surface area contributed by atoms with E-state index in [0.29, 0.717) is 24.3 Å². The van der Waals surface area contributed by atoms with Gasteiger partial charge in [0, 0.05) is 29.5 Å². The second-order valence-electron chi connectivity index (χ2n) is 9.43. The summed E-state index contributed by atoms with van der Waals surface area (Å²) < 4.78 is 19.9. The van der Waals surface area contributed by atoms with E-state index in [-0.39, 0.29) is 17.7 Å². The third-order valence-electron chi connectivity index (χ3n) is 7.36. The lowest BCUT2D eigenvalue weighted by Gasteiger charge is -2.36. The van der Waals surface area contributed by atoms with Crippen molar-refractivity contribution in [1.29, 1.82) is 0 Å². The van der Waals surface area contributed by atoms with Gasteiger partial charge in [-0.25, -0.2) is 4.39 Å². The summed E-state index contributed by atoms with van der Waals surface area (Å²) in [6, 6.07) is 5.51. The smallest absolute Gasteiger partial charge is 0.308 e. The Morgan fingerprint density at radius 2 is 2.12 bits per heavy atom. The van der Waals surface area contributed by atoms with E-state index in [0.717, 1.165) is 54.3 Å². The summed E-state index contributed by atoms with van der Waals surface area (Å²) in [6.45, 7) is 2.58. The Morgan fingerprint density at radius 1 is 1.30 bits per heavy atom. The molecule has 0 radical (unpaired) electrons. The Labute approximate surface area is 200 Å². The van der Waals surface area contributed by atoms with Gasteiger partial charge in [-0.05, 0) is 74.8 Å². The lowest BCUT2D eigenvalue weighted by molar-refractivity contribution is -0.146. The fraction of sp³-hybridized carbons (Fsp3) is 0.615. The number of piperidine rings is 1. The number of nitrogens with zero attached hydrogens (tertiary/aromatic N) is 2. The number of thioether (sulfide) groups is 1. The number of methoxy groups -OCH3 is 1. The van der Waals surface area contributed by atoms with Gasteiger partial charge < -0.3 is 14.7 Å². The predicted molar refractivity (Wildman–Crippen MR) is 132 cm³/mol. The third-order valence-corrected chi connectivity index (χ3v) is 8.72. The second-order valence-corrected chi connectivity index (χ2v) is 10.8. The second kappa shape index (κ2) is 11.5. The molecule has 33 heavy (non-hydrogen) atoms. The number of carboxylic acids is 1. The van der Waals surface area contributed by atoms with Crippen LogP contribution in [0.2, 0.25) is 0 Å². The molecule has 2 aliphatic rings. The molecule has 1 aliphatic heterocycles. The van der Waals surface area contributed by atoms with Crippen LogP contribution in [0.3, 0.4) is 0 Å². The van der Waals surface area contributed by atoms with Crippen LogP contribution in [0.15, 0.2) is 24.4 Å². The molecule has 0 spiro atoms. The maximum Gasteiger partial charge on any atom is 0.308 e. The number of pyridine rings is 1. The summed E-state index contributed by atoms with van der Waals surface area (Å²) in [6.07, 6.45) is 9.71. The predicted octanol–water partition coefficient (Wildman–Crippen LogP) is 5.40. The molecule has 7 heteroatoms. The summed E-state index contributed by atoms with van der Waals surface area (Å²) >= 11 is 2.07. The minimum atomic E-state index is -0.696. The van der Waals surface area contributed by atoms with Crippen LogP contribution in [0.25, 0.3) is 10.9 Å². The van der Waals surface area contributed by atoms with Crippen LogP contribution < -0.4 is 4.74 Å². The molecular weight excluding hydrogens is 439 g/mol. The molecular formula is C26H35FN2O3S. The first-order valence-corrected chi connectivity index (χ1v) is 13.3. The summed E-state index contributed by atoms with van der Waals surface area (Å²) in [4.78, 5) is 18.5. The van der Waals surface area contributed by atoms with Crippen molar-refractivity contribution in [3.8, 4) is 5.75 Å². The van der Waals surface area contributed by atoms with Gasteiger partial charge in [-0.15, -0.1) is 0 Å². The topological polar surface area (TPSA) is 62.7 Å². The lowest BCUT2D eigenvalue weighted by Crippen LogP contribution is -2.44. The molecule has 0 bridgehead atoms. The molecule has 1 aliphatic carbocycles. The average Bonchev–Trinajstić information content (AvgIpc) is 3.34. The van der Waals surface area contributed by atoms with Crippen molar-refractivity contribution in [2.24, 2.45) is 11.8 Å². The lowest BCUT2D eigenvalue weighted by atomic mass is 9.81. The number of fused-ring (bicyclic) bond motifs is 1. The molecule has 1 N–H and O–H groups in total. The molecule has 2 aromatic rings. The van der Waals surface area contributed by atoms with Gasteiger partial charge in [0.15, 0.2) is 0 Å². The van der Waals surface area contributed by atoms with Crippen LogP contribution in [0.4, 0.5) is 4.39 Å². The Balaban J connectivity index is 1.31. The Morgan fingerprint density at radius 3 is 2.88 bits per heavy atom. The first kappa shape index (κ1) is 24.3. The monoisotopic (exact) mass is 474 g/mol. The first-order valence-electron chi connectivity index (χ1n) is 12.2. The highest BCUT2D eigenvalue weighted by molar-refractivity contribution is 7.99. The maximum atomic E-state index is 14.6. The largest absolute Gasteiger partial charge is 0.497 e. The summed E-state index contributed by atoms with van der Waals surface area (Å²) in [5.41, 5.74) is 1.39. The molecule has 1 aromatic carbocycles. The van der Waals surface area contributed by atoms with Crippen LogP contribution in [0, 0.1) is 17.7 Å². The molecule has 1 saturated heterocycles. The zero-order chi connectivity index (χ0) is 23.2. The van der Waals surface area contributed by atoms with Crippen LogP contribution in [0.5, 0.6) is 5.75 Å². The molecule has 2 atom stereocenters. The van der Waals surface area contributed by atoms with Crippen molar-refractivity contribution in [1.82, 2.24) is 9.88 Å². The van der Waals surface area contributed by atoms with E-state index in [4.69, 9.17) is 4.74 Å². The van der Waals surface area contributed by atoms with Gasteiger partial charge >= 0.3 is 5.97 Å². The number of rotatable bonds is 10. The molecule has 0 amide bonds. The van der Waals surface area contributed by atoms with E-state index >= 15 is 0 Å². The SMILES string of the molecule is COc1ccc2ncc(F)c(CCC[C@H]3CCN(CCSC4CCCC4)C[C@H]3C(=O)O)c2c1. The number of benzene rings is 1.